The van der Waals surface area contributed by atoms with Gasteiger partial charge < -0.3 is 9.32 Å². The summed E-state index contributed by atoms with van der Waals surface area (Å²) in [5.74, 6) is 0.968. The first-order chi connectivity index (χ1) is 10.8. The lowest BCUT2D eigenvalue weighted by Gasteiger charge is -2.29. The standard InChI is InChI=1S/C18H21NO2S/c1-22-17-11-5-4-10-16(17)18(20)19(14-7-2-3-8-14)13-15-9-6-12-21-15/h4-6,9-12,14H,2-3,7-8,13H2,1H3. The van der Waals surface area contributed by atoms with Crippen LogP contribution in [0, 0.1) is 0 Å². The zero-order valence-electron chi connectivity index (χ0n) is 12.8. The van der Waals surface area contributed by atoms with Crippen LogP contribution < -0.4 is 0 Å². The number of hydrogen-bond acceptors (Lipinski definition) is 3. The van der Waals surface area contributed by atoms with Gasteiger partial charge in [-0.2, -0.15) is 0 Å². The van der Waals surface area contributed by atoms with Crippen molar-refractivity contribution in [3.63, 3.8) is 0 Å². The SMILES string of the molecule is CSc1ccccc1C(=O)N(Cc1ccco1)C1CCCC1. The van der Waals surface area contributed by atoms with Gasteiger partial charge >= 0.3 is 0 Å². The summed E-state index contributed by atoms with van der Waals surface area (Å²) in [4.78, 5) is 16.1. The molecule has 0 N–H and O–H groups in total. The monoisotopic (exact) mass is 315 g/mol. The van der Waals surface area contributed by atoms with Gasteiger partial charge in [0.2, 0.25) is 0 Å². The lowest BCUT2D eigenvalue weighted by Crippen LogP contribution is -2.38. The second-order valence-electron chi connectivity index (χ2n) is 5.65. The molecule has 0 atom stereocenters. The second-order valence-corrected chi connectivity index (χ2v) is 6.50. The van der Waals surface area contributed by atoms with Crippen molar-refractivity contribution in [3.8, 4) is 0 Å². The van der Waals surface area contributed by atoms with Crippen molar-refractivity contribution in [2.75, 3.05) is 6.26 Å². The lowest BCUT2D eigenvalue weighted by molar-refractivity contribution is 0.0645. The Morgan fingerprint density at radius 3 is 2.68 bits per heavy atom. The molecule has 1 aromatic heterocycles. The van der Waals surface area contributed by atoms with E-state index in [2.05, 4.69) is 0 Å². The number of carbonyl (C=O) groups excluding carboxylic acids is 1. The normalized spacial score (nSPS) is 15.1. The topological polar surface area (TPSA) is 33.5 Å². The summed E-state index contributed by atoms with van der Waals surface area (Å²) in [6.45, 7) is 0.555. The third-order valence-electron chi connectivity index (χ3n) is 4.27. The second kappa shape index (κ2) is 7.05. The quantitative estimate of drug-likeness (QED) is 0.757. The van der Waals surface area contributed by atoms with Crippen molar-refractivity contribution in [2.24, 2.45) is 0 Å². The van der Waals surface area contributed by atoms with Crippen LogP contribution in [0.1, 0.15) is 41.8 Å². The largest absolute Gasteiger partial charge is 0.467 e. The third kappa shape index (κ3) is 3.22. The number of rotatable bonds is 5. The minimum absolute atomic E-state index is 0.119. The van der Waals surface area contributed by atoms with Crippen molar-refractivity contribution < 1.29 is 9.21 Å². The van der Waals surface area contributed by atoms with Crippen LogP contribution in [0.2, 0.25) is 0 Å². The number of benzene rings is 1. The van der Waals surface area contributed by atoms with Gasteiger partial charge in [0.15, 0.2) is 0 Å². The van der Waals surface area contributed by atoms with Crippen molar-refractivity contribution in [3.05, 3.63) is 54.0 Å². The minimum atomic E-state index is 0.119. The fourth-order valence-electron chi connectivity index (χ4n) is 3.13. The molecule has 2 aromatic rings. The highest BCUT2D eigenvalue weighted by molar-refractivity contribution is 7.98. The van der Waals surface area contributed by atoms with E-state index in [0.717, 1.165) is 29.1 Å². The van der Waals surface area contributed by atoms with Gasteiger partial charge in [-0.05, 0) is 43.4 Å². The summed E-state index contributed by atoms with van der Waals surface area (Å²) < 4.78 is 5.47. The van der Waals surface area contributed by atoms with Gasteiger partial charge in [0.05, 0.1) is 18.4 Å². The highest BCUT2D eigenvalue weighted by Crippen LogP contribution is 2.29. The Hall–Kier alpha value is -1.68. The third-order valence-corrected chi connectivity index (χ3v) is 5.07. The van der Waals surface area contributed by atoms with Crippen molar-refractivity contribution in [2.45, 2.75) is 43.2 Å². The number of thioether (sulfide) groups is 1. The van der Waals surface area contributed by atoms with Crippen molar-refractivity contribution in [1.82, 2.24) is 4.90 Å². The van der Waals surface area contributed by atoms with Crippen LogP contribution in [0.4, 0.5) is 0 Å². The molecule has 22 heavy (non-hydrogen) atoms. The van der Waals surface area contributed by atoms with E-state index in [1.54, 1.807) is 18.0 Å². The Bertz CT molecular complexity index is 618. The zero-order chi connectivity index (χ0) is 15.4. The van der Waals surface area contributed by atoms with Crippen molar-refractivity contribution in [1.29, 1.82) is 0 Å². The molecule has 0 bridgehead atoms. The summed E-state index contributed by atoms with van der Waals surface area (Å²) in [5.41, 5.74) is 0.799. The maximum Gasteiger partial charge on any atom is 0.255 e. The molecule has 1 saturated carbocycles. The molecule has 1 heterocycles. The lowest BCUT2D eigenvalue weighted by atomic mass is 10.1. The van der Waals surface area contributed by atoms with Gasteiger partial charge in [0.25, 0.3) is 5.91 Å². The van der Waals surface area contributed by atoms with Crippen LogP contribution in [0.25, 0.3) is 0 Å². The first kappa shape index (κ1) is 15.2. The number of carbonyl (C=O) groups is 1. The van der Waals surface area contributed by atoms with Crippen molar-refractivity contribution >= 4 is 17.7 Å². The fourth-order valence-corrected chi connectivity index (χ4v) is 3.72. The summed E-state index contributed by atoms with van der Waals surface area (Å²) >= 11 is 1.62. The van der Waals surface area contributed by atoms with E-state index >= 15 is 0 Å². The molecule has 0 aliphatic heterocycles. The van der Waals surface area contributed by atoms with E-state index in [1.165, 1.54) is 12.8 Å². The van der Waals surface area contributed by atoms with E-state index in [-0.39, 0.29) is 5.91 Å². The molecule has 1 amide bonds. The van der Waals surface area contributed by atoms with E-state index in [0.29, 0.717) is 12.6 Å². The summed E-state index contributed by atoms with van der Waals surface area (Å²) in [6, 6.07) is 12.0. The Kier molecular flexibility index (Phi) is 4.88. The Balaban J connectivity index is 1.88. The number of nitrogens with zero attached hydrogens (tertiary/aromatic N) is 1. The maximum atomic E-state index is 13.1. The van der Waals surface area contributed by atoms with E-state index in [1.807, 2.05) is 47.6 Å². The summed E-state index contributed by atoms with van der Waals surface area (Å²) in [6.07, 6.45) is 8.27. The molecule has 0 saturated heterocycles. The first-order valence-corrected chi connectivity index (χ1v) is 8.98. The van der Waals surface area contributed by atoms with Gasteiger partial charge in [0, 0.05) is 10.9 Å². The zero-order valence-corrected chi connectivity index (χ0v) is 13.6. The average molecular weight is 315 g/mol. The minimum Gasteiger partial charge on any atom is -0.467 e. The van der Waals surface area contributed by atoms with Gasteiger partial charge in [0.1, 0.15) is 5.76 Å². The number of furan rings is 1. The Morgan fingerprint density at radius 2 is 2.00 bits per heavy atom. The summed E-state index contributed by atoms with van der Waals surface area (Å²) in [7, 11) is 0. The Morgan fingerprint density at radius 1 is 1.23 bits per heavy atom. The molecule has 0 spiro atoms. The highest BCUT2D eigenvalue weighted by atomic mass is 32.2. The van der Waals surface area contributed by atoms with Crippen LogP contribution in [0.5, 0.6) is 0 Å². The Labute approximate surface area is 135 Å². The molecule has 1 aliphatic carbocycles. The molecular formula is C18H21NO2S. The van der Waals surface area contributed by atoms with Crippen LogP contribution in [-0.2, 0) is 6.54 Å². The molecule has 4 heteroatoms. The summed E-state index contributed by atoms with van der Waals surface area (Å²) in [5, 5.41) is 0. The molecule has 0 unspecified atom stereocenters. The average Bonchev–Trinajstić information content (AvgIpc) is 3.25. The van der Waals surface area contributed by atoms with Gasteiger partial charge in [-0.25, -0.2) is 0 Å². The van der Waals surface area contributed by atoms with E-state index in [9.17, 15) is 4.79 Å². The van der Waals surface area contributed by atoms with E-state index in [4.69, 9.17) is 4.42 Å². The molecular weight excluding hydrogens is 294 g/mol. The number of amides is 1. The maximum absolute atomic E-state index is 13.1. The van der Waals surface area contributed by atoms with Crippen LogP contribution >= 0.6 is 11.8 Å². The predicted octanol–water partition coefficient (Wildman–Crippen LogP) is 4.59. The van der Waals surface area contributed by atoms with E-state index < -0.39 is 0 Å². The van der Waals surface area contributed by atoms with Gasteiger partial charge in [-0.15, -0.1) is 11.8 Å². The molecule has 1 aliphatic rings. The van der Waals surface area contributed by atoms with Crippen LogP contribution in [0.15, 0.2) is 52.0 Å². The van der Waals surface area contributed by atoms with Crippen LogP contribution in [-0.4, -0.2) is 23.1 Å². The highest BCUT2D eigenvalue weighted by Gasteiger charge is 2.29. The molecule has 1 aromatic carbocycles. The fraction of sp³-hybridized carbons (Fsp3) is 0.389. The predicted molar refractivity (Wildman–Crippen MR) is 89.1 cm³/mol. The van der Waals surface area contributed by atoms with Gasteiger partial charge in [-0.1, -0.05) is 25.0 Å². The van der Waals surface area contributed by atoms with Gasteiger partial charge in [-0.3, -0.25) is 4.79 Å². The number of hydrogen-bond donors (Lipinski definition) is 0. The molecule has 116 valence electrons. The first-order valence-electron chi connectivity index (χ1n) is 7.76. The molecule has 0 radical (unpaired) electrons. The molecule has 1 fully saturated rings. The smallest absolute Gasteiger partial charge is 0.255 e. The van der Waals surface area contributed by atoms with Crippen LogP contribution in [0.3, 0.4) is 0 Å². The molecule has 3 rings (SSSR count). The molecule has 3 nitrogen and oxygen atoms in total.